The molecule has 1 heterocycles. The predicted octanol–water partition coefficient (Wildman–Crippen LogP) is -1.29. The summed E-state index contributed by atoms with van der Waals surface area (Å²) >= 11 is 4.05. The van der Waals surface area contributed by atoms with Crippen LogP contribution in [0.15, 0.2) is 24.3 Å². The summed E-state index contributed by atoms with van der Waals surface area (Å²) in [6.45, 7) is 0.217. The van der Waals surface area contributed by atoms with Gasteiger partial charge in [0.25, 0.3) is 0 Å². The van der Waals surface area contributed by atoms with Gasteiger partial charge >= 0.3 is 11.9 Å². The van der Waals surface area contributed by atoms with Crippen molar-refractivity contribution in [3.8, 4) is 5.75 Å². The number of carbonyl (C=O) groups is 5. The second kappa shape index (κ2) is 12.2. The molecule has 12 nitrogen and oxygen atoms in total. The van der Waals surface area contributed by atoms with E-state index >= 15 is 0 Å². The van der Waals surface area contributed by atoms with E-state index in [1.165, 1.54) is 17.0 Å². The first-order valence-electron chi connectivity index (χ1n) is 10.5. The summed E-state index contributed by atoms with van der Waals surface area (Å²) in [6, 6.07) is 1.16. The maximum atomic E-state index is 13.2. The molecule has 0 saturated carbocycles. The zero-order valence-corrected chi connectivity index (χ0v) is 19.1. The number of likely N-dealkylation sites (tertiary alicyclic amines) is 1. The molecule has 0 radical (unpaired) electrons. The Bertz CT molecular complexity index is 926. The van der Waals surface area contributed by atoms with Crippen LogP contribution < -0.4 is 16.4 Å². The van der Waals surface area contributed by atoms with Gasteiger partial charge in [0.05, 0.1) is 12.5 Å². The molecule has 0 aromatic heterocycles. The SMILES string of the molecule is NC(CC(=O)O)C(=O)NC(CS)C(=O)NC(Cc1ccc(O)cc1)C(=O)N1CCCC1C(=O)O. The average Bonchev–Trinajstić information content (AvgIpc) is 3.27. The fourth-order valence-corrected chi connectivity index (χ4v) is 3.84. The van der Waals surface area contributed by atoms with Crippen molar-refractivity contribution < 1.29 is 39.3 Å². The summed E-state index contributed by atoms with van der Waals surface area (Å²) in [4.78, 5) is 61.8. The average molecular weight is 497 g/mol. The van der Waals surface area contributed by atoms with E-state index in [1.54, 1.807) is 12.1 Å². The number of carboxylic acid groups (broad SMARTS) is 2. The number of benzene rings is 1. The van der Waals surface area contributed by atoms with Crippen molar-refractivity contribution in [2.45, 2.75) is 49.9 Å². The quantitative estimate of drug-likeness (QED) is 0.182. The van der Waals surface area contributed by atoms with Crippen LogP contribution in [-0.2, 0) is 30.4 Å². The lowest BCUT2D eigenvalue weighted by Crippen LogP contribution is -2.58. The molecule has 4 atom stereocenters. The van der Waals surface area contributed by atoms with Crippen LogP contribution in [0, 0.1) is 0 Å². The fraction of sp³-hybridized carbons (Fsp3) is 0.476. The van der Waals surface area contributed by atoms with Crippen LogP contribution in [0.3, 0.4) is 0 Å². The molecule has 0 aliphatic carbocycles. The van der Waals surface area contributed by atoms with Crippen molar-refractivity contribution in [3.05, 3.63) is 29.8 Å². The molecular weight excluding hydrogens is 468 g/mol. The topological polar surface area (TPSA) is 199 Å². The number of thiol groups is 1. The number of hydrogen-bond acceptors (Lipinski definition) is 8. The number of aromatic hydroxyl groups is 1. The molecule has 13 heteroatoms. The fourth-order valence-electron chi connectivity index (χ4n) is 3.58. The van der Waals surface area contributed by atoms with E-state index in [4.69, 9.17) is 10.8 Å². The molecule has 2 rings (SSSR count). The molecule has 34 heavy (non-hydrogen) atoms. The third-order valence-electron chi connectivity index (χ3n) is 5.36. The standard InChI is InChI=1S/C21H28N4O8S/c22-13(9-17(27)28)18(29)24-15(10-34)19(30)23-14(8-11-3-5-12(26)6-4-11)20(31)25-7-1-2-16(25)21(32)33/h3-6,13-16,26,34H,1-2,7-10,22H2,(H,23,30)(H,24,29)(H,27,28)(H,32,33). The third-order valence-corrected chi connectivity index (χ3v) is 5.72. The monoisotopic (exact) mass is 496 g/mol. The van der Waals surface area contributed by atoms with E-state index in [1.807, 2.05) is 0 Å². The van der Waals surface area contributed by atoms with E-state index in [-0.39, 0.29) is 30.9 Å². The zero-order chi connectivity index (χ0) is 25.4. The summed E-state index contributed by atoms with van der Waals surface area (Å²) < 4.78 is 0. The van der Waals surface area contributed by atoms with Gasteiger partial charge in [-0.05, 0) is 30.5 Å². The highest BCUT2D eigenvalue weighted by Crippen LogP contribution is 2.20. The van der Waals surface area contributed by atoms with Crippen LogP contribution in [0.1, 0.15) is 24.8 Å². The minimum atomic E-state index is -1.39. The normalized spacial score (nSPS) is 17.9. The van der Waals surface area contributed by atoms with Gasteiger partial charge in [-0.25, -0.2) is 4.79 Å². The Morgan fingerprint density at radius 2 is 1.68 bits per heavy atom. The number of nitrogens with zero attached hydrogens (tertiary/aromatic N) is 1. The van der Waals surface area contributed by atoms with Gasteiger partial charge in [0.15, 0.2) is 0 Å². The van der Waals surface area contributed by atoms with Crippen LogP contribution in [-0.4, -0.2) is 86.3 Å². The van der Waals surface area contributed by atoms with Crippen LogP contribution in [0.4, 0.5) is 0 Å². The number of nitrogens with two attached hydrogens (primary N) is 1. The highest BCUT2D eigenvalue weighted by Gasteiger charge is 2.38. The third kappa shape index (κ3) is 7.35. The van der Waals surface area contributed by atoms with Gasteiger partial charge in [-0.1, -0.05) is 12.1 Å². The number of carboxylic acids is 2. The lowest BCUT2D eigenvalue weighted by Gasteiger charge is -2.28. The number of hydrogen-bond donors (Lipinski definition) is 7. The van der Waals surface area contributed by atoms with E-state index < -0.39 is 60.2 Å². The van der Waals surface area contributed by atoms with Gasteiger partial charge < -0.3 is 36.6 Å². The van der Waals surface area contributed by atoms with Gasteiger partial charge in [-0.15, -0.1) is 0 Å². The largest absolute Gasteiger partial charge is 0.508 e. The number of rotatable bonds is 11. The number of aliphatic carboxylic acids is 2. The zero-order valence-electron chi connectivity index (χ0n) is 18.2. The van der Waals surface area contributed by atoms with Crippen LogP contribution in [0.5, 0.6) is 5.75 Å². The van der Waals surface area contributed by atoms with Gasteiger partial charge in [0.2, 0.25) is 17.7 Å². The lowest BCUT2D eigenvalue weighted by atomic mass is 10.0. The Balaban J connectivity index is 2.20. The van der Waals surface area contributed by atoms with Crippen LogP contribution in [0.2, 0.25) is 0 Å². The minimum Gasteiger partial charge on any atom is -0.508 e. The first-order chi connectivity index (χ1) is 16.0. The molecule has 7 N–H and O–H groups in total. The molecule has 1 saturated heterocycles. The Kier molecular flexibility index (Phi) is 9.69. The van der Waals surface area contributed by atoms with Gasteiger partial charge in [0.1, 0.15) is 23.9 Å². The molecule has 0 spiro atoms. The van der Waals surface area contributed by atoms with E-state index in [0.717, 1.165) is 0 Å². The Morgan fingerprint density at radius 3 is 2.24 bits per heavy atom. The molecule has 1 aromatic carbocycles. The summed E-state index contributed by atoms with van der Waals surface area (Å²) in [6.07, 6.45) is 0.150. The maximum absolute atomic E-state index is 13.2. The van der Waals surface area contributed by atoms with Crippen molar-refractivity contribution in [2.24, 2.45) is 5.73 Å². The van der Waals surface area contributed by atoms with E-state index in [9.17, 15) is 34.2 Å². The van der Waals surface area contributed by atoms with Crippen molar-refractivity contribution in [1.82, 2.24) is 15.5 Å². The molecule has 4 unspecified atom stereocenters. The number of amides is 3. The molecule has 1 fully saturated rings. The number of phenols is 1. The van der Waals surface area contributed by atoms with Gasteiger partial charge in [-0.2, -0.15) is 12.6 Å². The molecular formula is C21H28N4O8S. The van der Waals surface area contributed by atoms with E-state index in [0.29, 0.717) is 12.0 Å². The van der Waals surface area contributed by atoms with E-state index in [2.05, 4.69) is 23.3 Å². The van der Waals surface area contributed by atoms with Crippen molar-refractivity contribution in [2.75, 3.05) is 12.3 Å². The first-order valence-corrected chi connectivity index (χ1v) is 11.2. The van der Waals surface area contributed by atoms with Crippen LogP contribution in [0.25, 0.3) is 0 Å². The summed E-state index contributed by atoms with van der Waals surface area (Å²) in [5.74, 6) is -4.83. The minimum absolute atomic E-state index is 0.000537. The molecule has 1 aliphatic rings. The van der Waals surface area contributed by atoms with Crippen molar-refractivity contribution in [3.63, 3.8) is 0 Å². The maximum Gasteiger partial charge on any atom is 0.326 e. The molecule has 186 valence electrons. The summed E-state index contributed by atoms with van der Waals surface area (Å²) in [5.41, 5.74) is 6.12. The Labute approximate surface area is 200 Å². The molecule has 1 aliphatic heterocycles. The molecule has 1 aromatic rings. The smallest absolute Gasteiger partial charge is 0.326 e. The Morgan fingerprint density at radius 1 is 1.06 bits per heavy atom. The Hall–Kier alpha value is -3.32. The number of carbonyl (C=O) groups excluding carboxylic acids is 3. The highest BCUT2D eigenvalue weighted by molar-refractivity contribution is 7.80. The molecule has 3 amide bonds. The lowest BCUT2D eigenvalue weighted by molar-refractivity contribution is -0.149. The second-order valence-corrected chi connectivity index (χ2v) is 8.27. The van der Waals surface area contributed by atoms with Crippen molar-refractivity contribution in [1.29, 1.82) is 0 Å². The first kappa shape index (κ1) is 26.9. The predicted molar refractivity (Wildman–Crippen MR) is 122 cm³/mol. The summed E-state index contributed by atoms with van der Waals surface area (Å²) in [5, 5.41) is 32.6. The second-order valence-electron chi connectivity index (χ2n) is 7.91. The highest BCUT2D eigenvalue weighted by atomic mass is 32.1. The van der Waals surface area contributed by atoms with Crippen molar-refractivity contribution >= 4 is 42.3 Å². The number of phenolic OH excluding ortho intramolecular Hbond substituents is 1. The van der Waals surface area contributed by atoms with Gasteiger partial charge in [0, 0.05) is 18.7 Å². The van der Waals surface area contributed by atoms with Gasteiger partial charge in [-0.3, -0.25) is 19.2 Å². The van der Waals surface area contributed by atoms with Crippen LogP contribution >= 0.6 is 12.6 Å². The number of nitrogens with one attached hydrogen (secondary N) is 2. The molecule has 0 bridgehead atoms. The summed E-state index contributed by atoms with van der Waals surface area (Å²) in [7, 11) is 0.